The summed E-state index contributed by atoms with van der Waals surface area (Å²) in [6.07, 6.45) is 1.79. The maximum Gasteiger partial charge on any atom is 0.138 e. The van der Waals surface area contributed by atoms with Gasteiger partial charge in [0.25, 0.3) is 0 Å². The summed E-state index contributed by atoms with van der Waals surface area (Å²) in [4.78, 5) is 4.19. The van der Waals surface area contributed by atoms with Gasteiger partial charge in [0.05, 0.1) is 23.0 Å². The van der Waals surface area contributed by atoms with Crippen LogP contribution in [0.5, 0.6) is 5.75 Å². The fourth-order valence-corrected chi connectivity index (χ4v) is 3.39. The van der Waals surface area contributed by atoms with E-state index in [1.165, 1.54) is 0 Å². The number of nitrogens with one attached hydrogen (secondary N) is 1. The largest absolute Gasteiger partial charge is 0.492 e. The zero-order valence-electron chi connectivity index (χ0n) is 10.8. The van der Waals surface area contributed by atoms with Crippen LogP contribution in [0.3, 0.4) is 0 Å². The number of benzene rings is 1. The van der Waals surface area contributed by atoms with Crippen LogP contribution in [0.1, 0.15) is 12.5 Å². The van der Waals surface area contributed by atoms with Crippen molar-refractivity contribution in [1.82, 2.24) is 4.98 Å². The molecule has 0 atom stereocenters. The molecule has 0 aliphatic heterocycles. The van der Waals surface area contributed by atoms with Crippen molar-refractivity contribution < 1.29 is 4.74 Å². The van der Waals surface area contributed by atoms with Crippen molar-refractivity contribution in [2.45, 2.75) is 13.5 Å². The molecule has 1 heterocycles. The predicted molar refractivity (Wildman–Crippen MR) is 92.3 cm³/mol. The van der Waals surface area contributed by atoms with Crippen LogP contribution in [0.15, 0.2) is 44.0 Å². The molecule has 0 amide bonds. The molecule has 106 valence electrons. The monoisotopic (exact) mass is 462 g/mol. The van der Waals surface area contributed by atoms with Gasteiger partial charge in [-0.3, -0.25) is 0 Å². The summed E-state index contributed by atoms with van der Waals surface area (Å²) in [6, 6.07) is 7.91. The van der Waals surface area contributed by atoms with E-state index in [0.29, 0.717) is 13.2 Å². The van der Waals surface area contributed by atoms with E-state index in [1.54, 1.807) is 6.20 Å². The predicted octanol–water partition coefficient (Wildman–Crippen LogP) is 5.38. The first-order valence-electron chi connectivity index (χ1n) is 6.06. The number of hydrogen-bond donors (Lipinski definition) is 1. The third kappa shape index (κ3) is 4.20. The van der Waals surface area contributed by atoms with Crippen molar-refractivity contribution in [1.29, 1.82) is 0 Å². The van der Waals surface area contributed by atoms with Gasteiger partial charge in [-0.15, -0.1) is 0 Å². The Morgan fingerprint density at radius 3 is 2.65 bits per heavy atom. The van der Waals surface area contributed by atoms with E-state index >= 15 is 0 Å². The van der Waals surface area contributed by atoms with Gasteiger partial charge in [0.1, 0.15) is 10.4 Å². The van der Waals surface area contributed by atoms with Crippen LogP contribution in [0.4, 0.5) is 5.69 Å². The minimum absolute atomic E-state index is 0.632. The van der Waals surface area contributed by atoms with Crippen LogP contribution >= 0.6 is 47.8 Å². The summed E-state index contributed by atoms with van der Waals surface area (Å²) in [5.74, 6) is 0.869. The lowest BCUT2D eigenvalue weighted by molar-refractivity contribution is 0.334. The summed E-state index contributed by atoms with van der Waals surface area (Å²) in [6.45, 7) is 3.27. The fourth-order valence-electron chi connectivity index (χ4n) is 1.73. The van der Waals surface area contributed by atoms with Crippen molar-refractivity contribution >= 4 is 53.5 Å². The molecule has 20 heavy (non-hydrogen) atoms. The molecular formula is C14H13Br3N2O. The van der Waals surface area contributed by atoms with Gasteiger partial charge >= 0.3 is 0 Å². The third-order valence-electron chi connectivity index (χ3n) is 2.58. The summed E-state index contributed by atoms with van der Waals surface area (Å²) in [5.41, 5.74) is 2.04. The SMILES string of the molecule is CCOc1c(Br)cc(Br)cc1CNc1ccc(Br)nc1. The number of pyridine rings is 1. The molecule has 0 saturated carbocycles. The number of hydrogen-bond acceptors (Lipinski definition) is 3. The number of rotatable bonds is 5. The van der Waals surface area contributed by atoms with E-state index in [9.17, 15) is 0 Å². The zero-order valence-corrected chi connectivity index (χ0v) is 15.5. The second-order valence-electron chi connectivity index (χ2n) is 4.03. The van der Waals surface area contributed by atoms with Gasteiger partial charge in [0, 0.05) is 16.6 Å². The van der Waals surface area contributed by atoms with Crippen molar-refractivity contribution in [3.05, 3.63) is 49.6 Å². The second kappa shape index (κ2) is 7.43. The smallest absolute Gasteiger partial charge is 0.138 e. The van der Waals surface area contributed by atoms with Gasteiger partial charge in [0.2, 0.25) is 0 Å². The Kier molecular flexibility index (Phi) is 5.86. The van der Waals surface area contributed by atoms with Gasteiger partial charge in [-0.2, -0.15) is 0 Å². The third-order valence-corrected chi connectivity index (χ3v) is 4.10. The van der Waals surface area contributed by atoms with E-state index in [0.717, 1.165) is 30.5 Å². The Morgan fingerprint density at radius 1 is 1.20 bits per heavy atom. The molecule has 3 nitrogen and oxygen atoms in total. The zero-order chi connectivity index (χ0) is 14.5. The molecular weight excluding hydrogens is 452 g/mol. The lowest BCUT2D eigenvalue weighted by Crippen LogP contribution is -2.04. The molecule has 6 heteroatoms. The Balaban J connectivity index is 2.17. The first-order chi connectivity index (χ1) is 9.60. The standard InChI is InChI=1S/C14H13Br3N2O/c1-2-20-14-9(5-10(15)6-12(14)16)7-18-11-3-4-13(17)19-8-11/h3-6,8,18H,2,7H2,1H3. The molecule has 2 rings (SSSR count). The van der Waals surface area contributed by atoms with E-state index in [4.69, 9.17) is 4.74 Å². The molecule has 0 saturated heterocycles. The Hall–Kier alpha value is -0.590. The topological polar surface area (TPSA) is 34.1 Å². The normalized spacial score (nSPS) is 10.4. The molecule has 0 aliphatic carbocycles. The molecule has 0 aliphatic rings. The fraction of sp³-hybridized carbons (Fsp3) is 0.214. The summed E-state index contributed by atoms with van der Waals surface area (Å²) in [5, 5.41) is 3.34. The van der Waals surface area contributed by atoms with E-state index in [1.807, 2.05) is 25.1 Å². The molecule has 1 aromatic heterocycles. The number of aromatic nitrogens is 1. The molecule has 0 spiro atoms. The average Bonchev–Trinajstić information content (AvgIpc) is 2.41. The number of nitrogens with zero attached hydrogens (tertiary/aromatic N) is 1. The highest BCUT2D eigenvalue weighted by Crippen LogP contribution is 2.33. The summed E-state index contributed by atoms with van der Waals surface area (Å²) < 4.78 is 8.48. The van der Waals surface area contributed by atoms with E-state index in [-0.39, 0.29) is 0 Å². The molecule has 1 N–H and O–H groups in total. The maximum absolute atomic E-state index is 5.70. The van der Waals surface area contributed by atoms with Crippen molar-refractivity contribution in [2.24, 2.45) is 0 Å². The highest BCUT2D eigenvalue weighted by Gasteiger charge is 2.10. The number of anilines is 1. The van der Waals surface area contributed by atoms with Gasteiger partial charge in [-0.1, -0.05) is 15.9 Å². The summed E-state index contributed by atoms with van der Waals surface area (Å²) >= 11 is 10.4. The molecule has 1 aromatic carbocycles. The Bertz CT molecular complexity index is 588. The van der Waals surface area contributed by atoms with Crippen molar-refractivity contribution in [2.75, 3.05) is 11.9 Å². The minimum atomic E-state index is 0.632. The van der Waals surface area contributed by atoms with Crippen LogP contribution in [0.25, 0.3) is 0 Å². The average molecular weight is 465 g/mol. The molecule has 0 radical (unpaired) electrons. The van der Waals surface area contributed by atoms with Gasteiger partial charge < -0.3 is 10.1 Å². The van der Waals surface area contributed by atoms with Gasteiger partial charge in [-0.05, 0) is 63.0 Å². The first kappa shape index (κ1) is 15.8. The molecule has 0 unspecified atom stereocenters. The van der Waals surface area contributed by atoms with Gasteiger partial charge in [0.15, 0.2) is 0 Å². The van der Waals surface area contributed by atoms with E-state index < -0.39 is 0 Å². The van der Waals surface area contributed by atoms with Gasteiger partial charge in [-0.25, -0.2) is 4.98 Å². The van der Waals surface area contributed by atoms with Crippen molar-refractivity contribution in [3.8, 4) is 5.75 Å². The Morgan fingerprint density at radius 2 is 2.00 bits per heavy atom. The quantitative estimate of drug-likeness (QED) is 0.603. The first-order valence-corrected chi connectivity index (χ1v) is 8.44. The second-order valence-corrected chi connectivity index (χ2v) is 6.61. The molecule has 2 aromatic rings. The van der Waals surface area contributed by atoms with E-state index in [2.05, 4.69) is 64.2 Å². The highest BCUT2D eigenvalue weighted by molar-refractivity contribution is 9.11. The molecule has 0 bridgehead atoms. The lowest BCUT2D eigenvalue weighted by atomic mass is 10.2. The van der Waals surface area contributed by atoms with Crippen LogP contribution < -0.4 is 10.1 Å². The summed E-state index contributed by atoms with van der Waals surface area (Å²) in [7, 11) is 0. The van der Waals surface area contributed by atoms with Crippen LogP contribution in [0.2, 0.25) is 0 Å². The van der Waals surface area contributed by atoms with Crippen LogP contribution in [-0.4, -0.2) is 11.6 Å². The molecule has 0 fully saturated rings. The number of ether oxygens (including phenoxy) is 1. The highest BCUT2D eigenvalue weighted by atomic mass is 79.9. The van der Waals surface area contributed by atoms with Crippen LogP contribution in [0, 0.1) is 0 Å². The minimum Gasteiger partial charge on any atom is -0.492 e. The van der Waals surface area contributed by atoms with Crippen LogP contribution in [-0.2, 0) is 6.54 Å². The maximum atomic E-state index is 5.70. The van der Waals surface area contributed by atoms with Crippen molar-refractivity contribution in [3.63, 3.8) is 0 Å². The lowest BCUT2D eigenvalue weighted by Gasteiger charge is -2.14. The Labute approximate surface area is 143 Å². The number of halogens is 3.